The number of hydrogen-bond donors (Lipinski definition) is 2. The van der Waals surface area contributed by atoms with Crippen molar-refractivity contribution in [1.82, 2.24) is 5.32 Å². The zero-order valence-electron chi connectivity index (χ0n) is 11.7. The van der Waals surface area contributed by atoms with Crippen LogP contribution in [0.5, 0.6) is 0 Å². The Bertz CT molecular complexity index is 206. The number of rotatable bonds is 9. The van der Waals surface area contributed by atoms with Crippen molar-refractivity contribution in [2.24, 2.45) is 11.7 Å². The smallest absolute Gasteiger partial charge is 0.236 e. The van der Waals surface area contributed by atoms with Gasteiger partial charge in [-0.05, 0) is 39.0 Å². The van der Waals surface area contributed by atoms with Crippen LogP contribution in [-0.2, 0) is 9.53 Å². The predicted octanol–water partition coefficient (Wildman–Crippen LogP) is 1.68. The van der Waals surface area contributed by atoms with Gasteiger partial charge < -0.3 is 15.8 Å². The number of hydrogen-bond acceptors (Lipinski definition) is 3. The summed E-state index contributed by atoms with van der Waals surface area (Å²) in [6, 6.07) is -0.373. The van der Waals surface area contributed by atoms with Crippen molar-refractivity contribution in [3.8, 4) is 0 Å². The third-order valence-electron chi connectivity index (χ3n) is 2.38. The second kappa shape index (κ2) is 9.42. The maximum absolute atomic E-state index is 11.6. The summed E-state index contributed by atoms with van der Waals surface area (Å²) in [5, 5.41) is 2.86. The molecule has 17 heavy (non-hydrogen) atoms. The van der Waals surface area contributed by atoms with Crippen molar-refractivity contribution >= 4 is 5.91 Å². The topological polar surface area (TPSA) is 64.4 Å². The van der Waals surface area contributed by atoms with Gasteiger partial charge in [0.2, 0.25) is 5.91 Å². The Kier molecular flexibility index (Phi) is 9.09. The highest BCUT2D eigenvalue weighted by molar-refractivity contribution is 5.81. The summed E-state index contributed by atoms with van der Waals surface area (Å²) in [5.41, 5.74) is 5.76. The molecule has 0 saturated heterocycles. The second-order valence-corrected chi connectivity index (χ2v) is 5.15. The molecule has 0 fully saturated rings. The van der Waals surface area contributed by atoms with Crippen LogP contribution >= 0.6 is 0 Å². The average Bonchev–Trinajstić information content (AvgIpc) is 2.21. The molecule has 0 saturated carbocycles. The van der Waals surface area contributed by atoms with Gasteiger partial charge in [0, 0.05) is 13.2 Å². The van der Waals surface area contributed by atoms with Crippen LogP contribution < -0.4 is 11.1 Å². The molecule has 102 valence electrons. The van der Waals surface area contributed by atoms with Crippen molar-refractivity contribution < 1.29 is 9.53 Å². The van der Waals surface area contributed by atoms with Crippen molar-refractivity contribution in [2.45, 2.75) is 59.1 Å². The first kappa shape index (κ1) is 16.4. The molecule has 0 aliphatic carbocycles. The van der Waals surface area contributed by atoms with E-state index in [0.29, 0.717) is 12.5 Å². The third kappa shape index (κ3) is 10.3. The van der Waals surface area contributed by atoms with E-state index in [9.17, 15) is 4.79 Å². The molecule has 0 unspecified atom stereocenters. The minimum Gasteiger partial charge on any atom is -0.379 e. The zero-order chi connectivity index (χ0) is 13.3. The molecule has 0 aliphatic heterocycles. The largest absolute Gasteiger partial charge is 0.379 e. The fourth-order valence-corrected chi connectivity index (χ4v) is 1.50. The summed E-state index contributed by atoms with van der Waals surface area (Å²) in [4.78, 5) is 11.6. The number of nitrogens with two attached hydrogens (primary N) is 1. The van der Waals surface area contributed by atoms with Gasteiger partial charge in [-0.2, -0.15) is 0 Å². The van der Waals surface area contributed by atoms with Crippen molar-refractivity contribution in [1.29, 1.82) is 0 Å². The molecule has 4 heteroatoms. The summed E-state index contributed by atoms with van der Waals surface area (Å²) in [5.74, 6) is 0.415. The minimum atomic E-state index is -0.373. The zero-order valence-corrected chi connectivity index (χ0v) is 11.7. The molecule has 1 atom stereocenters. The summed E-state index contributed by atoms with van der Waals surface area (Å²) in [6.45, 7) is 9.61. The first-order valence-electron chi connectivity index (χ1n) is 6.58. The Morgan fingerprint density at radius 3 is 2.41 bits per heavy atom. The number of carbonyl (C=O) groups is 1. The maximum atomic E-state index is 11.6. The lowest BCUT2D eigenvalue weighted by Gasteiger charge is -2.14. The van der Waals surface area contributed by atoms with Gasteiger partial charge in [-0.15, -0.1) is 0 Å². The molecule has 3 N–H and O–H groups in total. The Labute approximate surface area is 105 Å². The number of unbranched alkanes of at least 4 members (excludes halogenated alkanes) is 1. The van der Waals surface area contributed by atoms with Crippen LogP contribution in [0.4, 0.5) is 0 Å². The van der Waals surface area contributed by atoms with Crippen LogP contribution in [0.2, 0.25) is 0 Å². The van der Waals surface area contributed by atoms with E-state index in [1.165, 1.54) is 0 Å². The number of carbonyl (C=O) groups excluding carboxylic acids is 1. The van der Waals surface area contributed by atoms with E-state index in [0.717, 1.165) is 25.9 Å². The van der Waals surface area contributed by atoms with Crippen LogP contribution in [0, 0.1) is 5.92 Å². The van der Waals surface area contributed by atoms with Crippen LogP contribution in [0.15, 0.2) is 0 Å². The molecule has 0 spiro atoms. The molecule has 0 bridgehead atoms. The summed E-state index contributed by atoms with van der Waals surface area (Å²) < 4.78 is 5.41. The normalized spacial score (nSPS) is 13.1. The fraction of sp³-hybridized carbons (Fsp3) is 0.923. The molecular weight excluding hydrogens is 216 g/mol. The molecule has 0 aromatic heterocycles. The molecule has 0 aromatic rings. The van der Waals surface area contributed by atoms with E-state index >= 15 is 0 Å². The molecule has 4 nitrogen and oxygen atoms in total. The lowest BCUT2D eigenvalue weighted by atomic mass is 10.0. The Hall–Kier alpha value is -0.610. The van der Waals surface area contributed by atoms with Crippen LogP contribution in [0.1, 0.15) is 47.0 Å². The second-order valence-electron chi connectivity index (χ2n) is 5.15. The van der Waals surface area contributed by atoms with E-state index in [2.05, 4.69) is 19.2 Å². The Morgan fingerprint density at radius 2 is 1.88 bits per heavy atom. The van der Waals surface area contributed by atoms with Gasteiger partial charge in [-0.3, -0.25) is 4.79 Å². The summed E-state index contributed by atoms with van der Waals surface area (Å²) in [7, 11) is 0. The standard InChI is InChI=1S/C13H28N2O2/c1-10(2)9-12(14)13(16)15-7-5-6-8-17-11(3)4/h10-12H,5-9,14H2,1-4H3,(H,15,16)/t12-/m1/s1. The van der Waals surface area contributed by atoms with Crippen molar-refractivity contribution in [3.05, 3.63) is 0 Å². The van der Waals surface area contributed by atoms with E-state index < -0.39 is 0 Å². The van der Waals surface area contributed by atoms with Crippen LogP contribution in [-0.4, -0.2) is 31.2 Å². The molecule has 0 rings (SSSR count). The van der Waals surface area contributed by atoms with E-state index in [-0.39, 0.29) is 18.1 Å². The van der Waals surface area contributed by atoms with E-state index in [1.54, 1.807) is 0 Å². The molecular formula is C13H28N2O2. The quantitative estimate of drug-likeness (QED) is 0.607. The highest BCUT2D eigenvalue weighted by Crippen LogP contribution is 2.02. The lowest BCUT2D eigenvalue weighted by molar-refractivity contribution is -0.122. The molecule has 0 aromatic carbocycles. The maximum Gasteiger partial charge on any atom is 0.236 e. The molecule has 0 heterocycles. The average molecular weight is 244 g/mol. The van der Waals surface area contributed by atoms with Gasteiger partial charge in [-0.25, -0.2) is 0 Å². The van der Waals surface area contributed by atoms with Gasteiger partial charge in [0.25, 0.3) is 0 Å². The minimum absolute atomic E-state index is 0.0384. The molecule has 0 radical (unpaired) electrons. The number of amides is 1. The lowest BCUT2D eigenvalue weighted by Crippen LogP contribution is -2.41. The summed E-state index contributed by atoms with van der Waals surface area (Å²) >= 11 is 0. The fourth-order valence-electron chi connectivity index (χ4n) is 1.50. The highest BCUT2D eigenvalue weighted by atomic mass is 16.5. The Balaban J connectivity index is 3.45. The third-order valence-corrected chi connectivity index (χ3v) is 2.38. The number of nitrogens with one attached hydrogen (secondary N) is 1. The van der Waals surface area contributed by atoms with E-state index in [1.807, 2.05) is 13.8 Å². The van der Waals surface area contributed by atoms with Gasteiger partial charge in [-0.1, -0.05) is 13.8 Å². The highest BCUT2D eigenvalue weighted by Gasteiger charge is 2.13. The van der Waals surface area contributed by atoms with Gasteiger partial charge >= 0.3 is 0 Å². The number of ether oxygens (including phenoxy) is 1. The van der Waals surface area contributed by atoms with E-state index in [4.69, 9.17) is 10.5 Å². The van der Waals surface area contributed by atoms with Gasteiger partial charge in [0.1, 0.15) is 0 Å². The molecule has 1 amide bonds. The van der Waals surface area contributed by atoms with Gasteiger partial charge in [0.05, 0.1) is 12.1 Å². The van der Waals surface area contributed by atoms with Crippen molar-refractivity contribution in [3.63, 3.8) is 0 Å². The van der Waals surface area contributed by atoms with Gasteiger partial charge in [0.15, 0.2) is 0 Å². The first-order valence-corrected chi connectivity index (χ1v) is 6.58. The first-order chi connectivity index (χ1) is 7.93. The van der Waals surface area contributed by atoms with Crippen molar-refractivity contribution in [2.75, 3.05) is 13.2 Å². The monoisotopic (exact) mass is 244 g/mol. The molecule has 0 aliphatic rings. The summed E-state index contributed by atoms with van der Waals surface area (Å²) in [6.07, 6.45) is 2.93. The van der Waals surface area contributed by atoms with Crippen LogP contribution in [0.3, 0.4) is 0 Å². The van der Waals surface area contributed by atoms with Crippen LogP contribution in [0.25, 0.3) is 0 Å². The SMILES string of the molecule is CC(C)C[C@@H](N)C(=O)NCCCCOC(C)C. The predicted molar refractivity (Wildman–Crippen MR) is 70.8 cm³/mol. The Morgan fingerprint density at radius 1 is 1.24 bits per heavy atom.